The molecule has 1 atom stereocenters. The van der Waals surface area contributed by atoms with Crippen molar-refractivity contribution in [3.63, 3.8) is 0 Å². The summed E-state index contributed by atoms with van der Waals surface area (Å²) < 4.78 is 0. The van der Waals surface area contributed by atoms with Crippen molar-refractivity contribution in [2.24, 2.45) is 17.1 Å². The fourth-order valence-corrected chi connectivity index (χ4v) is 2.65. The van der Waals surface area contributed by atoms with Crippen LogP contribution < -0.4 is 5.73 Å². The van der Waals surface area contributed by atoms with Crippen molar-refractivity contribution >= 4 is 30.8 Å². The van der Waals surface area contributed by atoms with Gasteiger partial charge in [-0.3, -0.25) is 4.79 Å². The Bertz CT molecular complexity index is 243. The van der Waals surface area contributed by atoms with Crippen molar-refractivity contribution in [2.75, 3.05) is 26.2 Å². The van der Waals surface area contributed by atoms with Crippen LogP contribution in [0.2, 0.25) is 0 Å². The van der Waals surface area contributed by atoms with Crippen LogP contribution >= 0.6 is 24.8 Å². The minimum atomic E-state index is -0.600. The minimum absolute atomic E-state index is 0. The molecule has 0 amide bonds. The van der Waals surface area contributed by atoms with Gasteiger partial charge in [-0.25, -0.2) is 0 Å². The third-order valence-electron chi connectivity index (χ3n) is 3.78. The summed E-state index contributed by atoms with van der Waals surface area (Å²) in [7, 11) is 0. The lowest BCUT2D eigenvalue weighted by Crippen LogP contribution is -2.38. The van der Waals surface area contributed by atoms with Crippen LogP contribution in [0.4, 0.5) is 0 Å². The highest BCUT2D eigenvalue weighted by Crippen LogP contribution is 2.59. The lowest BCUT2D eigenvalue weighted by atomic mass is 9.91. The van der Waals surface area contributed by atoms with E-state index in [9.17, 15) is 4.79 Å². The molecule has 4 nitrogen and oxygen atoms in total. The van der Waals surface area contributed by atoms with E-state index in [-0.39, 0.29) is 36.1 Å². The van der Waals surface area contributed by atoms with Crippen molar-refractivity contribution in [3.05, 3.63) is 0 Å². The molecule has 2 aliphatic rings. The van der Waals surface area contributed by atoms with E-state index in [0.29, 0.717) is 6.54 Å². The first kappa shape index (κ1) is 16.0. The molecule has 1 unspecified atom stereocenters. The van der Waals surface area contributed by atoms with E-state index in [2.05, 4.69) is 4.90 Å². The van der Waals surface area contributed by atoms with Crippen LogP contribution in [0.25, 0.3) is 0 Å². The Morgan fingerprint density at radius 3 is 2.31 bits per heavy atom. The van der Waals surface area contributed by atoms with E-state index < -0.39 is 5.97 Å². The van der Waals surface area contributed by atoms with Gasteiger partial charge in [0.25, 0.3) is 0 Å². The molecule has 1 saturated carbocycles. The summed E-state index contributed by atoms with van der Waals surface area (Å²) >= 11 is 0. The predicted molar refractivity (Wildman–Crippen MR) is 67.4 cm³/mol. The Morgan fingerprint density at radius 2 is 1.94 bits per heavy atom. The van der Waals surface area contributed by atoms with Gasteiger partial charge >= 0.3 is 5.97 Å². The van der Waals surface area contributed by atoms with Crippen molar-refractivity contribution < 1.29 is 9.90 Å². The zero-order valence-corrected chi connectivity index (χ0v) is 10.9. The van der Waals surface area contributed by atoms with Gasteiger partial charge in [-0.15, -0.1) is 24.8 Å². The van der Waals surface area contributed by atoms with Gasteiger partial charge in [-0.2, -0.15) is 0 Å². The second kappa shape index (κ2) is 6.05. The van der Waals surface area contributed by atoms with Gasteiger partial charge in [0.15, 0.2) is 0 Å². The highest BCUT2D eigenvalue weighted by Gasteiger charge is 2.58. The van der Waals surface area contributed by atoms with Gasteiger partial charge in [0, 0.05) is 13.1 Å². The first-order valence-corrected chi connectivity index (χ1v) is 5.33. The molecular formula is C10H20Cl2N2O2. The molecule has 0 bridgehead atoms. The lowest BCUT2D eigenvalue weighted by Gasteiger charge is -2.32. The Labute approximate surface area is 108 Å². The number of carbonyl (C=O) groups is 1. The largest absolute Gasteiger partial charge is 0.481 e. The molecule has 6 heteroatoms. The van der Waals surface area contributed by atoms with Crippen LogP contribution in [0, 0.1) is 11.3 Å². The maximum Gasteiger partial charge on any atom is 0.307 e. The number of hydrogen-bond acceptors (Lipinski definition) is 3. The summed E-state index contributed by atoms with van der Waals surface area (Å²) in [4.78, 5) is 13.1. The first-order valence-electron chi connectivity index (χ1n) is 5.33. The first-order chi connectivity index (χ1) is 6.68. The molecule has 1 heterocycles. The molecule has 0 aromatic rings. The Morgan fingerprint density at radius 1 is 1.38 bits per heavy atom. The number of carboxylic acids is 1. The van der Waals surface area contributed by atoms with Crippen LogP contribution in [0.1, 0.15) is 19.3 Å². The number of nitrogens with two attached hydrogens (primary N) is 1. The molecule has 3 N–H and O–H groups in total. The number of piperidine rings is 1. The molecule has 1 aliphatic heterocycles. The summed E-state index contributed by atoms with van der Waals surface area (Å²) in [6, 6.07) is 0. The molecule has 16 heavy (non-hydrogen) atoms. The maximum atomic E-state index is 10.8. The second-order valence-corrected chi connectivity index (χ2v) is 4.59. The normalized spacial score (nSPS) is 26.7. The molecule has 0 aromatic carbocycles. The van der Waals surface area contributed by atoms with Crippen LogP contribution in [0.3, 0.4) is 0 Å². The monoisotopic (exact) mass is 270 g/mol. The second-order valence-electron chi connectivity index (χ2n) is 4.59. The number of halogens is 2. The summed E-state index contributed by atoms with van der Waals surface area (Å²) in [5.74, 6) is -0.653. The van der Waals surface area contributed by atoms with E-state index in [1.165, 1.54) is 0 Å². The van der Waals surface area contributed by atoms with E-state index in [0.717, 1.165) is 38.9 Å². The maximum absolute atomic E-state index is 10.8. The third kappa shape index (κ3) is 3.00. The fraction of sp³-hybridized carbons (Fsp3) is 0.900. The number of hydrogen-bond donors (Lipinski definition) is 2. The molecule has 96 valence electrons. The van der Waals surface area contributed by atoms with Crippen LogP contribution in [0.15, 0.2) is 0 Å². The molecule has 2 fully saturated rings. The number of carboxylic acid groups (broad SMARTS) is 1. The fourth-order valence-electron chi connectivity index (χ4n) is 2.65. The predicted octanol–water partition coefficient (Wildman–Crippen LogP) is 0.975. The Hall–Kier alpha value is -0.0300. The molecular weight excluding hydrogens is 251 g/mol. The topological polar surface area (TPSA) is 66.6 Å². The van der Waals surface area contributed by atoms with Crippen molar-refractivity contribution in [3.8, 4) is 0 Å². The third-order valence-corrected chi connectivity index (χ3v) is 3.78. The smallest absolute Gasteiger partial charge is 0.307 e. The average molecular weight is 271 g/mol. The van der Waals surface area contributed by atoms with Crippen molar-refractivity contribution in [2.45, 2.75) is 19.3 Å². The van der Waals surface area contributed by atoms with E-state index >= 15 is 0 Å². The average Bonchev–Trinajstić information content (AvgIpc) is 2.85. The van der Waals surface area contributed by atoms with Gasteiger partial charge in [-0.05, 0) is 37.8 Å². The number of rotatable bonds is 3. The van der Waals surface area contributed by atoms with Gasteiger partial charge in [0.05, 0.1) is 5.92 Å². The SMILES string of the molecule is Cl.Cl.NCCN1CCC2(CC1)CC2C(=O)O. The lowest BCUT2D eigenvalue weighted by molar-refractivity contribution is -0.139. The molecule has 2 rings (SSSR count). The van der Waals surface area contributed by atoms with Crippen LogP contribution in [-0.2, 0) is 4.79 Å². The van der Waals surface area contributed by atoms with E-state index in [4.69, 9.17) is 10.8 Å². The quantitative estimate of drug-likeness (QED) is 0.803. The standard InChI is InChI=1S/C10H18N2O2.2ClH/c11-3-6-12-4-1-10(2-5-12)7-8(10)9(13)14;;/h8H,1-7,11H2,(H,13,14);2*1H. The highest BCUT2D eigenvalue weighted by molar-refractivity contribution is 5.85. The molecule has 1 saturated heterocycles. The van der Waals surface area contributed by atoms with Gasteiger partial charge < -0.3 is 15.7 Å². The Kier molecular flexibility index (Phi) is 6.04. The van der Waals surface area contributed by atoms with Crippen molar-refractivity contribution in [1.82, 2.24) is 4.90 Å². The summed E-state index contributed by atoms with van der Waals surface area (Å²) in [6.45, 7) is 3.71. The summed E-state index contributed by atoms with van der Waals surface area (Å²) in [6.07, 6.45) is 2.99. The summed E-state index contributed by atoms with van der Waals surface area (Å²) in [5, 5.41) is 8.91. The minimum Gasteiger partial charge on any atom is -0.481 e. The van der Waals surface area contributed by atoms with Crippen LogP contribution in [-0.4, -0.2) is 42.2 Å². The van der Waals surface area contributed by atoms with E-state index in [1.807, 2.05) is 0 Å². The molecule has 0 aromatic heterocycles. The molecule has 1 spiro atoms. The highest BCUT2D eigenvalue weighted by atomic mass is 35.5. The number of aliphatic carboxylic acids is 1. The Balaban J connectivity index is 0.00000112. The molecule has 0 radical (unpaired) electrons. The van der Waals surface area contributed by atoms with E-state index in [1.54, 1.807) is 0 Å². The van der Waals surface area contributed by atoms with Crippen LogP contribution in [0.5, 0.6) is 0 Å². The number of nitrogens with zero attached hydrogens (tertiary/aromatic N) is 1. The van der Waals surface area contributed by atoms with Gasteiger partial charge in [0.2, 0.25) is 0 Å². The van der Waals surface area contributed by atoms with Crippen molar-refractivity contribution in [1.29, 1.82) is 0 Å². The molecule has 1 aliphatic carbocycles. The van der Waals surface area contributed by atoms with Gasteiger partial charge in [0.1, 0.15) is 0 Å². The number of likely N-dealkylation sites (tertiary alicyclic amines) is 1. The van der Waals surface area contributed by atoms with Gasteiger partial charge in [-0.1, -0.05) is 0 Å². The zero-order chi connectivity index (χ0) is 10.2. The zero-order valence-electron chi connectivity index (χ0n) is 9.22. The summed E-state index contributed by atoms with van der Waals surface area (Å²) in [5.41, 5.74) is 5.65.